The van der Waals surface area contributed by atoms with Gasteiger partial charge in [-0.05, 0) is 80.4 Å². The van der Waals surface area contributed by atoms with Crippen LogP contribution in [0.25, 0.3) is 0 Å². The van der Waals surface area contributed by atoms with Crippen LogP contribution in [0.2, 0.25) is 0 Å². The average molecular weight is 402 g/mol. The molecule has 1 aliphatic heterocycles. The number of unbranched alkanes of at least 4 members (excludes halogenated alkanes) is 3. The zero-order chi connectivity index (χ0) is 19.8. The van der Waals surface area contributed by atoms with Crippen molar-refractivity contribution in [3.8, 4) is 0 Å². The molecule has 0 bridgehead atoms. The largest absolute Gasteiger partial charge is 0.395 e. The van der Waals surface area contributed by atoms with Crippen LogP contribution in [-0.2, 0) is 0 Å². The number of nitrogens with zero attached hydrogens (tertiary/aromatic N) is 1. The maximum atomic E-state index is 8.78. The normalized spacial score (nSPS) is 18.8. The van der Waals surface area contributed by atoms with Gasteiger partial charge in [-0.25, -0.2) is 0 Å². The minimum atomic E-state index is 0.228. The van der Waals surface area contributed by atoms with E-state index in [0.29, 0.717) is 6.54 Å². The maximum Gasteiger partial charge on any atom is 0.0605 e. The Labute approximate surface area is 174 Å². The van der Waals surface area contributed by atoms with E-state index in [1.165, 1.54) is 53.0 Å². The molecule has 4 nitrogen and oxygen atoms in total. The van der Waals surface area contributed by atoms with Crippen LogP contribution in [-0.4, -0.2) is 42.7 Å². The molecule has 1 aromatic carbocycles. The van der Waals surface area contributed by atoms with Crippen LogP contribution >= 0.6 is 11.9 Å². The summed E-state index contributed by atoms with van der Waals surface area (Å²) in [5.74, 6) is 0. The summed E-state index contributed by atoms with van der Waals surface area (Å²) in [7, 11) is 2.21. The smallest absolute Gasteiger partial charge is 0.0605 e. The van der Waals surface area contributed by atoms with Crippen molar-refractivity contribution in [1.29, 1.82) is 0 Å². The molecule has 0 saturated carbocycles. The first-order chi connectivity index (χ1) is 13.7. The predicted octanol–water partition coefficient (Wildman–Crippen LogP) is 4.32. The second-order valence-electron chi connectivity index (χ2n) is 7.75. The number of hydrogen-bond donors (Lipinski definition) is 3. The summed E-state index contributed by atoms with van der Waals surface area (Å²) < 4.78 is 2.37. The number of aliphatic hydroxyl groups is 1. The molecule has 5 heteroatoms. The molecule has 1 unspecified atom stereocenters. The van der Waals surface area contributed by atoms with Crippen molar-refractivity contribution in [2.24, 2.45) is 0 Å². The number of fused-ring (bicyclic) bond motifs is 1. The van der Waals surface area contributed by atoms with Gasteiger partial charge in [0.25, 0.3) is 0 Å². The van der Waals surface area contributed by atoms with Gasteiger partial charge in [0.1, 0.15) is 0 Å². The molecule has 1 atom stereocenters. The molecular formula is C23H35N3OS. The number of benzene rings is 1. The van der Waals surface area contributed by atoms with Crippen molar-refractivity contribution < 1.29 is 5.11 Å². The molecular weight excluding hydrogens is 366 g/mol. The molecule has 0 spiro atoms. The van der Waals surface area contributed by atoms with Gasteiger partial charge >= 0.3 is 0 Å². The van der Waals surface area contributed by atoms with Gasteiger partial charge in [-0.3, -0.25) is 0 Å². The topological polar surface area (TPSA) is 47.5 Å². The summed E-state index contributed by atoms with van der Waals surface area (Å²) in [5, 5.41) is 15.9. The fraction of sp³-hybridized carbons (Fsp3) is 0.565. The van der Waals surface area contributed by atoms with Gasteiger partial charge in [0.05, 0.1) is 12.6 Å². The van der Waals surface area contributed by atoms with Crippen molar-refractivity contribution in [2.45, 2.75) is 56.4 Å². The summed E-state index contributed by atoms with van der Waals surface area (Å²) in [4.78, 5) is 1.37. The highest BCUT2D eigenvalue weighted by molar-refractivity contribution is 7.97. The lowest BCUT2D eigenvalue weighted by Crippen LogP contribution is -2.26. The molecule has 0 fully saturated rings. The number of nitrogens with one attached hydrogen (secondary N) is 2. The monoisotopic (exact) mass is 401 g/mol. The van der Waals surface area contributed by atoms with Gasteiger partial charge < -0.3 is 20.0 Å². The first kappa shape index (κ1) is 21.4. The van der Waals surface area contributed by atoms with Crippen LogP contribution in [0.3, 0.4) is 0 Å². The van der Waals surface area contributed by atoms with Crippen molar-refractivity contribution in [2.75, 3.05) is 33.3 Å². The lowest BCUT2D eigenvalue weighted by atomic mass is 9.91. The van der Waals surface area contributed by atoms with Crippen molar-refractivity contribution in [3.05, 3.63) is 52.7 Å². The molecule has 154 valence electrons. The fourth-order valence-corrected chi connectivity index (χ4v) is 5.13. The van der Waals surface area contributed by atoms with E-state index in [4.69, 9.17) is 5.11 Å². The third-order valence-corrected chi connectivity index (χ3v) is 6.55. The van der Waals surface area contributed by atoms with E-state index < -0.39 is 0 Å². The average Bonchev–Trinajstić information content (AvgIpc) is 2.81. The second-order valence-corrected chi connectivity index (χ2v) is 8.92. The van der Waals surface area contributed by atoms with E-state index in [2.05, 4.69) is 59.3 Å². The molecule has 28 heavy (non-hydrogen) atoms. The Morgan fingerprint density at radius 3 is 2.79 bits per heavy atom. The first-order valence-electron chi connectivity index (χ1n) is 10.7. The molecule has 1 aromatic rings. The minimum Gasteiger partial charge on any atom is -0.395 e. The Balaban J connectivity index is 1.61. The number of rotatable bonds is 10. The fourth-order valence-electron chi connectivity index (χ4n) is 4.00. The number of hydrogen-bond acceptors (Lipinski definition) is 5. The Bertz CT molecular complexity index is 701. The van der Waals surface area contributed by atoms with Gasteiger partial charge in [0.15, 0.2) is 0 Å². The van der Waals surface area contributed by atoms with E-state index >= 15 is 0 Å². The third kappa shape index (κ3) is 5.63. The van der Waals surface area contributed by atoms with Gasteiger partial charge in [-0.1, -0.05) is 37.1 Å². The molecule has 0 aromatic heterocycles. The van der Waals surface area contributed by atoms with Gasteiger partial charge in [0.2, 0.25) is 0 Å². The van der Waals surface area contributed by atoms with Crippen molar-refractivity contribution in [1.82, 2.24) is 14.9 Å². The zero-order valence-electron chi connectivity index (χ0n) is 17.3. The first-order valence-corrected chi connectivity index (χ1v) is 11.4. The quantitative estimate of drug-likeness (QED) is 0.402. The van der Waals surface area contributed by atoms with Crippen LogP contribution in [0.15, 0.2) is 46.5 Å². The number of aliphatic hydroxyl groups excluding tert-OH is 1. The van der Waals surface area contributed by atoms with Gasteiger partial charge in [0, 0.05) is 24.2 Å². The summed E-state index contributed by atoms with van der Waals surface area (Å²) in [6.45, 7) is 5.16. The number of allylic oxidation sites excluding steroid dienone is 2. The van der Waals surface area contributed by atoms with Crippen LogP contribution in [0.5, 0.6) is 0 Å². The Hall–Kier alpha value is -1.27. The standard InChI is InChI=1S/C23H35N3OS/c1-18-11-12-20-22(17-18)28-26(2)21-10-6-5-9-19(21)23(20)25-14-8-4-3-7-13-24-15-16-27/h5,9,11-12,17,23-25,27H,3-4,6-8,10,13-16H2,1-2H3. The Morgan fingerprint density at radius 1 is 1.14 bits per heavy atom. The van der Waals surface area contributed by atoms with E-state index in [0.717, 1.165) is 25.9 Å². The Morgan fingerprint density at radius 2 is 1.96 bits per heavy atom. The summed E-state index contributed by atoms with van der Waals surface area (Å²) in [6, 6.07) is 7.16. The lowest BCUT2D eigenvalue weighted by Gasteiger charge is -2.26. The van der Waals surface area contributed by atoms with E-state index in [1.54, 1.807) is 0 Å². The molecule has 1 aliphatic carbocycles. The second kappa shape index (κ2) is 11.1. The SMILES string of the molecule is Cc1ccc2c(c1)SN(C)C1=C(C=CCC1)C2NCCCCCCNCCO. The summed E-state index contributed by atoms with van der Waals surface area (Å²) >= 11 is 1.87. The van der Waals surface area contributed by atoms with E-state index in [-0.39, 0.29) is 12.6 Å². The van der Waals surface area contributed by atoms with Crippen molar-refractivity contribution >= 4 is 11.9 Å². The molecule has 0 radical (unpaired) electrons. The highest BCUT2D eigenvalue weighted by Crippen LogP contribution is 2.43. The maximum absolute atomic E-state index is 8.78. The summed E-state index contributed by atoms with van der Waals surface area (Å²) in [5.41, 5.74) is 5.64. The highest BCUT2D eigenvalue weighted by Gasteiger charge is 2.28. The highest BCUT2D eigenvalue weighted by atomic mass is 32.2. The summed E-state index contributed by atoms with van der Waals surface area (Å²) in [6.07, 6.45) is 11.8. The lowest BCUT2D eigenvalue weighted by molar-refractivity contribution is 0.292. The molecule has 1 heterocycles. The Kier molecular flexibility index (Phi) is 8.46. The molecule has 3 N–H and O–H groups in total. The third-order valence-electron chi connectivity index (χ3n) is 5.50. The molecule has 3 rings (SSSR count). The van der Waals surface area contributed by atoms with E-state index in [9.17, 15) is 0 Å². The zero-order valence-corrected chi connectivity index (χ0v) is 18.2. The van der Waals surface area contributed by atoms with Crippen LogP contribution in [0.4, 0.5) is 0 Å². The predicted molar refractivity (Wildman–Crippen MR) is 119 cm³/mol. The molecule has 0 saturated heterocycles. The van der Waals surface area contributed by atoms with Gasteiger partial charge in [-0.2, -0.15) is 0 Å². The van der Waals surface area contributed by atoms with Crippen LogP contribution in [0, 0.1) is 6.92 Å². The van der Waals surface area contributed by atoms with Crippen molar-refractivity contribution in [3.63, 3.8) is 0 Å². The van der Waals surface area contributed by atoms with Crippen LogP contribution < -0.4 is 10.6 Å². The van der Waals surface area contributed by atoms with Crippen LogP contribution in [0.1, 0.15) is 55.7 Å². The van der Waals surface area contributed by atoms with E-state index in [1.807, 2.05) is 11.9 Å². The molecule has 2 aliphatic rings. The number of aryl methyl sites for hydroxylation is 1. The minimum absolute atomic E-state index is 0.228. The van der Waals surface area contributed by atoms with Gasteiger partial charge in [-0.15, -0.1) is 0 Å². The molecule has 0 amide bonds.